The van der Waals surface area contributed by atoms with Crippen molar-refractivity contribution in [3.8, 4) is 21.7 Å². The lowest BCUT2D eigenvalue weighted by Crippen LogP contribution is -2.40. The Morgan fingerprint density at radius 2 is 1.97 bits per heavy atom. The van der Waals surface area contributed by atoms with Gasteiger partial charge in [0.25, 0.3) is 10.8 Å². The number of halogens is 5. The van der Waals surface area contributed by atoms with E-state index in [9.17, 15) is 22.4 Å². The minimum atomic E-state index is -4.79. The predicted octanol–water partition coefficient (Wildman–Crippen LogP) is 4.96. The molecule has 0 spiro atoms. The molecule has 0 aliphatic carbocycles. The van der Waals surface area contributed by atoms with Crippen LogP contribution in [-0.4, -0.2) is 46.6 Å². The summed E-state index contributed by atoms with van der Waals surface area (Å²) in [6.07, 6.45) is -1.22. The molecule has 4 rings (SSSR count). The van der Waals surface area contributed by atoms with Gasteiger partial charge >= 0.3 is 6.36 Å². The maximum atomic E-state index is 14.7. The van der Waals surface area contributed by atoms with Crippen molar-refractivity contribution in [1.29, 1.82) is 0 Å². The Bertz CT molecular complexity index is 1200. The zero-order valence-electron chi connectivity index (χ0n) is 17.3. The highest BCUT2D eigenvalue weighted by Gasteiger charge is 2.33. The standard InChI is InChI=1S/C20H17ClF4N4O4S/c21-16-14(27-10-19(22)6-1-7-31-11-19)8-28-29(17(16)30)15-9-26-18(34-15)32-12-2-4-13(5-3-12)33-20(23,24)25/h2-5,8-9,27H,1,6-7,10-11H2/t19-/m0/s1. The van der Waals surface area contributed by atoms with Crippen molar-refractivity contribution < 1.29 is 31.8 Å². The van der Waals surface area contributed by atoms with Gasteiger partial charge < -0.3 is 19.5 Å². The Hall–Kier alpha value is -2.90. The lowest BCUT2D eigenvalue weighted by molar-refractivity contribution is -0.274. The number of anilines is 1. The van der Waals surface area contributed by atoms with E-state index in [1.54, 1.807) is 0 Å². The molecule has 1 aromatic carbocycles. The number of thiazole rings is 1. The smallest absolute Gasteiger partial charge is 0.431 e. The number of benzene rings is 1. The van der Waals surface area contributed by atoms with Gasteiger partial charge in [-0.05, 0) is 37.1 Å². The van der Waals surface area contributed by atoms with Gasteiger partial charge in [-0.15, -0.1) is 13.2 Å². The first kappa shape index (κ1) is 24.2. The summed E-state index contributed by atoms with van der Waals surface area (Å²) in [6, 6.07) is 4.74. The van der Waals surface area contributed by atoms with Crippen LogP contribution < -0.4 is 20.3 Å². The Morgan fingerprint density at radius 3 is 2.65 bits per heavy atom. The van der Waals surface area contributed by atoms with E-state index >= 15 is 0 Å². The maximum Gasteiger partial charge on any atom is 0.573 e. The average molecular weight is 521 g/mol. The lowest BCUT2D eigenvalue weighted by atomic mass is 9.99. The van der Waals surface area contributed by atoms with Gasteiger partial charge in [-0.1, -0.05) is 22.9 Å². The molecular formula is C20H17ClF4N4O4S. The first-order valence-electron chi connectivity index (χ1n) is 9.90. The predicted molar refractivity (Wildman–Crippen MR) is 116 cm³/mol. The topological polar surface area (TPSA) is 87.5 Å². The Balaban J connectivity index is 1.43. The SMILES string of the molecule is O=c1c(Cl)c(NC[C@@]2(F)CCCOC2)cnn1-c1cnc(Oc2ccc(OC(F)(F)F)cc2)s1. The number of ether oxygens (including phenoxy) is 3. The molecule has 2 aromatic heterocycles. The fraction of sp³-hybridized carbons (Fsp3) is 0.350. The highest BCUT2D eigenvalue weighted by atomic mass is 35.5. The van der Waals surface area contributed by atoms with Gasteiger partial charge in [-0.25, -0.2) is 9.37 Å². The van der Waals surface area contributed by atoms with Crippen molar-refractivity contribution in [2.45, 2.75) is 24.9 Å². The van der Waals surface area contributed by atoms with Gasteiger partial charge in [0.1, 0.15) is 21.5 Å². The molecular weight excluding hydrogens is 504 g/mol. The molecule has 0 bridgehead atoms. The van der Waals surface area contributed by atoms with Crippen LogP contribution in [0.3, 0.4) is 0 Å². The van der Waals surface area contributed by atoms with E-state index < -0.39 is 23.3 Å². The minimum Gasteiger partial charge on any atom is -0.431 e. The molecule has 1 fully saturated rings. The van der Waals surface area contributed by atoms with E-state index in [0.717, 1.165) is 28.2 Å². The number of nitrogens with zero attached hydrogens (tertiary/aromatic N) is 3. The van der Waals surface area contributed by atoms with Gasteiger partial charge in [0, 0.05) is 6.61 Å². The molecule has 0 radical (unpaired) electrons. The largest absolute Gasteiger partial charge is 0.573 e. The van der Waals surface area contributed by atoms with Crippen molar-refractivity contribution >= 4 is 28.6 Å². The number of alkyl halides is 4. The second kappa shape index (κ2) is 9.76. The molecule has 1 aliphatic rings. The third-order valence-corrected chi connectivity index (χ3v) is 5.95. The van der Waals surface area contributed by atoms with E-state index in [4.69, 9.17) is 21.1 Å². The zero-order valence-corrected chi connectivity index (χ0v) is 18.8. The van der Waals surface area contributed by atoms with Crippen molar-refractivity contribution in [1.82, 2.24) is 14.8 Å². The van der Waals surface area contributed by atoms with Crippen LogP contribution >= 0.6 is 22.9 Å². The van der Waals surface area contributed by atoms with Crippen LogP contribution in [0.25, 0.3) is 5.00 Å². The van der Waals surface area contributed by atoms with Gasteiger partial charge in [0.2, 0.25) is 0 Å². The van der Waals surface area contributed by atoms with Gasteiger partial charge in [0.15, 0.2) is 5.67 Å². The van der Waals surface area contributed by atoms with Gasteiger partial charge in [-0.2, -0.15) is 9.78 Å². The summed E-state index contributed by atoms with van der Waals surface area (Å²) in [7, 11) is 0. The van der Waals surface area contributed by atoms with Crippen molar-refractivity contribution in [2.75, 3.05) is 25.1 Å². The van der Waals surface area contributed by atoms with Crippen LogP contribution in [0.15, 0.2) is 41.5 Å². The number of hydrogen-bond acceptors (Lipinski definition) is 8. The number of rotatable bonds is 7. The quantitative estimate of drug-likeness (QED) is 0.440. The normalized spacial score (nSPS) is 18.5. The Morgan fingerprint density at radius 1 is 1.24 bits per heavy atom. The van der Waals surface area contributed by atoms with Gasteiger partial charge in [-0.3, -0.25) is 4.79 Å². The summed E-state index contributed by atoms with van der Waals surface area (Å²) >= 11 is 7.14. The molecule has 1 N–H and O–H groups in total. The first-order chi connectivity index (χ1) is 16.1. The van der Waals surface area contributed by atoms with Crippen LogP contribution in [0.5, 0.6) is 16.7 Å². The average Bonchev–Trinajstić information content (AvgIpc) is 3.24. The number of aromatic nitrogens is 3. The Kier molecular flexibility index (Phi) is 6.96. The first-order valence-corrected chi connectivity index (χ1v) is 11.1. The summed E-state index contributed by atoms with van der Waals surface area (Å²) in [5.41, 5.74) is -2.02. The van der Waals surface area contributed by atoms with Crippen molar-refractivity contribution in [3.05, 3.63) is 52.0 Å². The fourth-order valence-corrected chi connectivity index (χ4v) is 4.07. The molecule has 34 heavy (non-hydrogen) atoms. The number of nitrogens with one attached hydrogen (secondary N) is 1. The molecule has 8 nitrogen and oxygen atoms in total. The molecule has 0 unspecified atom stereocenters. The molecule has 3 aromatic rings. The van der Waals surface area contributed by atoms with Crippen molar-refractivity contribution in [3.63, 3.8) is 0 Å². The third-order valence-electron chi connectivity index (χ3n) is 4.73. The summed E-state index contributed by atoms with van der Waals surface area (Å²) in [5, 5.41) is 7.10. The van der Waals surface area contributed by atoms with E-state index in [2.05, 4.69) is 20.1 Å². The summed E-state index contributed by atoms with van der Waals surface area (Å²) in [4.78, 5) is 16.7. The van der Waals surface area contributed by atoms with Crippen LogP contribution in [0.4, 0.5) is 23.2 Å². The Labute approximate surface area is 199 Å². The second-order valence-electron chi connectivity index (χ2n) is 7.34. The summed E-state index contributed by atoms with van der Waals surface area (Å²) < 4.78 is 66.9. The molecule has 1 saturated heterocycles. The summed E-state index contributed by atoms with van der Waals surface area (Å²) in [5.74, 6) is -0.186. The van der Waals surface area contributed by atoms with Crippen molar-refractivity contribution in [2.24, 2.45) is 0 Å². The van der Waals surface area contributed by atoms with Gasteiger partial charge in [0.05, 0.1) is 31.2 Å². The molecule has 0 amide bonds. The highest BCUT2D eigenvalue weighted by Crippen LogP contribution is 2.31. The second-order valence-corrected chi connectivity index (χ2v) is 8.69. The molecule has 3 heterocycles. The number of hydrogen-bond donors (Lipinski definition) is 1. The molecule has 0 saturated carbocycles. The van der Waals surface area contributed by atoms with E-state index in [1.807, 2.05) is 0 Å². The van der Waals surface area contributed by atoms with Crippen LogP contribution in [0.2, 0.25) is 5.02 Å². The van der Waals surface area contributed by atoms with E-state index in [0.29, 0.717) is 19.4 Å². The zero-order chi connectivity index (χ0) is 24.3. The van der Waals surface area contributed by atoms with E-state index in [-0.39, 0.29) is 39.8 Å². The third kappa shape index (κ3) is 5.96. The lowest BCUT2D eigenvalue weighted by Gasteiger charge is -2.29. The monoisotopic (exact) mass is 520 g/mol. The van der Waals surface area contributed by atoms with E-state index in [1.165, 1.54) is 24.5 Å². The molecule has 1 atom stereocenters. The molecule has 1 aliphatic heterocycles. The highest BCUT2D eigenvalue weighted by molar-refractivity contribution is 7.15. The molecule has 14 heteroatoms. The maximum absolute atomic E-state index is 14.7. The minimum absolute atomic E-state index is 0.0379. The van der Waals surface area contributed by atoms with Crippen LogP contribution in [0, 0.1) is 0 Å². The summed E-state index contributed by atoms with van der Waals surface area (Å²) in [6.45, 7) is 0.398. The molecule has 182 valence electrons. The van der Waals surface area contributed by atoms with Crippen LogP contribution in [0.1, 0.15) is 12.8 Å². The fourth-order valence-electron chi connectivity index (χ4n) is 3.13. The van der Waals surface area contributed by atoms with Crippen LogP contribution in [-0.2, 0) is 4.74 Å².